The minimum atomic E-state index is -0.277. The summed E-state index contributed by atoms with van der Waals surface area (Å²) in [5, 5.41) is 6.27. The number of nitrogens with one attached hydrogen (secondary N) is 2. The largest absolute Gasteiger partial charge is 0.356 e. The highest BCUT2D eigenvalue weighted by molar-refractivity contribution is 9.10. The molecular formula is C24H30BrN3O2. The van der Waals surface area contributed by atoms with Crippen LogP contribution in [0.25, 0.3) is 0 Å². The number of amides is 2. The second-order valence-electron chi connectivity index (χ2n) is 9.57. The molecule has 4 aliphatic rings. The third-order valence-electron chi connectivity index (χ3n) is 8.01. The monoisotopic (exact) mass is 471 g/mol. The third-order valence-corrected chi connectivity index (χ3v) is 8.54. The van der Waals surface area contributed by atoms with Crippen LogP contribution in [0.15, 0.2) is 40.9 Å². The smallest absolute Gasteiger partial charge is 0.228 e. The summed E-state index contributed by atoms with van der Waals surface area (Å²) in [7, 11) is 2.17. The lowest BCUT2D eigenvalue weighted by Crippen LogP contribution is -2.43. The average Bonchev–Trinajstić information content (AvgIpc) is 3.23. The third kappa shape index (κ3) is 3.42. The van der Waals surface area contributed by atoms with Crippen molar-refractivity contribution in [2.45, 2.75) is 38.1 Å². The van der Waals surface area contributed by atoms with Crippen molar-refractivity contribution < 1.29 is 9.59 Å². The fourth-order valence-electron chi connectivity index (χ4n) is 6.29. The number of carbonyl (C=O) groups excluding carboxylic acids is 2. The molecule has 6 heteroatoms. The molecule has 2 N–H and O–H groups in total. The molecule has 2 saturated carbocycles. The van der Waals surface area contributed by atoms with Crippen LogP contribution in [0.3, 0.4) is 0 Å². The van der Waals surface area contributed by atoms with Crippen molar-refractivity contribution in [2.24, 2.45) is 29.1 Å². The molecule has 2 amide bonds. The Labute approximate surface area is 186 Å². The Morgan fingerprint density at radius 2 is 1.77 bits per heavy atom. The lowest BCUT2D eigenvalue weighted by Gasteiger charge is -2.27. The van der Waals surface area contributed by atoms with Crippen molar-refractivity contribution in [3.63, 3.8) is 0 Å². The Morgan fingerprint density at radius 3 is 2.37 bits per heavy atom. The Kier molecular flexibility index (Phi) is 5.26. The zero-order valence-corrected chi connectivity index (χ0v) is 19.0. The second kappa shape index (κ2) is 7.79. The molecule has 0 aromatic heterocycles. The first-order chi connectivity index (χ1) is 14.5. The number of rotatable bonds is 6. The summed E-state index contributed by atoms with van der Waals surface area (Å²) in [6, 6.07) is 8.19. The molecule has 1 heterocycles. The fourth-order valence-corrected chi connectivity index (χ4v) is 6.56. The standard InChI is InChI=1S/C24H30BrN3O2/c1-28-14-2-3-17(28)10-13-26-22(29)20-18-8-9-19(24(18)11-12-24)21(20)23(30)27-16-6-4-15(25)5-7-16/h4-9,17-21H,2-3,10-14H2,1H3,(H,26,29)(H,27,30)/t17?,18-,19+,20-,21-/m1/s1. The van der Waals surface area contributed by atoms with E-state index in [1.807, 2.05) is 24.3 Å². The van der Waals surface area contributed by atoms with Crippen molar-refractivity contribution in [1.82, 2.24) is 10.2 Å². The van der Waals surface area contributed by atoms with E-state index in [0.717, 1.165) is 36.0 Å². The van der Waals surface area contributed by atoms with Gasteiger partial charge in [0, 0.05) is 22.7 Å². The molecule has 30 heavy (non-hydrogen) atoms. The number of carbonyl (C=O) groups is 2. The minimum Gasteiger partial charge on any atom is -0.356 e. The van der Waals surface area contributed by atoms with Gasteiger partial charge in [0.05, 0.1) is 11.8 Å². The van der Waals surface area contributed by atoms with E-state index in [1.54, 1.807) is 0 Å². The van der Waals surface area contributed by atoms with Gasteiger partial charge in [0.25, 0.3) is 0 Å². The first-order valence-corrected chi connectivity index (χ1v) is 12.0. The van der Waals surface area contributed by atoms with E-state index in [2.05, 4.69) is 50.7 Å². The average molecular weight is 472 g/mol. The Morgan fingerprint density at radius 1 is 1.10 bits per heavy atom. The summed E-state index contributed by atoms with van der Waals surface area (Å²) >= 11 is 3.43. The van der Waals surface area contributed by atoms with Crippen LogP contribution >= 0.6 is 15.9 Å². The van der Waals surface area contributed by atoms with E-state index in [4.69, 9.17) is 0 Å². The van der Waals surface area contributed by atoms with Crippen molar-refractivity contribution in [1.29, 1.82) is 0 Å². The highest BCUT2D eigenvalue weighted by atomic mass is 79.9. The minimum absolute atomic E-state index is 0.0175. The van der Waals surface area contributed by atoms with E-state index in [0.29, 0.717) is 12.6 Å². The van der Waals surface area contributed by atoms with Crippen LogP contribution in [0.5, 0.6) is 0 Å². The molecule has 2 bridgehead atoms. The van der Waals surface area contributed by atoms with Crippen LogP contribution in [0, 0.1) is 29.1 Å². The predicted octanol–water partition coefficient (Wildman–Crippen LogP) is 3.82. The molecule has 5 atom stereocenters. The lowest BCUT2D eigenvalue weighted by atomic mass is 9.81. The number of hydrogen-bond acceptors (Lipinski definition) is 3. The zero-order chi connectivity index (χ0) is 20.9. The number of halogens is 1. The van der Waals surface area contributed by atoms with Gasteiger partial charge in [-0.3, -0.25) is 9.59 Å². The lowest BCUT2D eigenvalue weighted by molar-refractivity contribution is -0.132. The highest BCUT2D eigenvalue weighted by Crippen LogP contribution is 2.72. The molecule has 1 aliphatic heterocycles. The summed E-state index contributed by atoms with van der Waals surface area (Å²) in [6.45, 7) is 1.84. The van der Waals surface area contributed by atoms with Crippen LogP contribution in [0.2, 0.25) is 0 Å². The van der Waals surface area contributed by atoms with Gasteiger partial charge in [-0.1, -0.05) is 28.1 Å². The Balaban J connectivity index is 1.28. The molecule has 3 aliphatic carbocycles. The maximum atomic E-state index is 13.3. The number of hydrogen-bond donors (Lipinski definition) is 2. The Hall–Kier alpha value is -1.66. The van der Waals surface area contributed by atoms with Gasteiger partial charge in [-0.2, -0.15) is 0 Å². The molecule has 0 radical (unpaired) electrons. The normalized spacial score (nSPS) is 33.2. The maximum Gasteiger partial charge on any atom is 0.228 e. The maximum absolute atomic E-state index is 13.3. The zero-order valence-electron chi connectivity index (χ0n) is 17.4. The summed E-state index contributed by atoms with van der Waals surface area (Å²) < 4.78 is 0.977. The number of anilines is 1. The summed E-state index contributed by atoms with van der Waals surface area (Å²) in [5.41, 5.74) is 0.943. The molecule has 1 spiro atoms. The molecule has 5 rings (SSSR count). The molecule has 1 unspecified atom stereocenters. The van der Waals surface area contributed by atoms with E-state index in [9.17, 15) is 9.59 Å². The summed E-state index contributed by atoms with van der Waals surface area (Å²) in [5.74, 6) is -0.0857. The summed E-state index contributed by atoms with van der Waals surface area (Å²) in [4.78, 5) is 29.0. The number of nitrogens with zero attached hydrogens (tertiary/aromatic N) is 1. The molecule has 5 nitrogen and oxygen atoms in total. The molecule has 160 valence electrons. The van der Waals surface area contributed by atoms with Crippen LogP contribution in [0.4, 0.5) is 5.69 Å². The quantitative estimate of drug-likeness (QED) is 0.619. The van der Waals surface area contributed by atoms with Gasteiger partial charge in [-0.15, -0.1) is 0 Å². The molecule has 3 fully saturated rings. The van der Waals surface area contributed by atoms with Gasteiger partial charge in [-0.25, -0.2) is 0 Å². The van der Waals surface area contributed by atoms with Gasteiger partial charge in [0.2, 0.25) is 11.8 Å². The number of benzene rings is 1. The Bertz CT molecular complexity index is 864. The van der Waals surface area contributed by atoms with Crippen LogP contribution in [-0.4, -0.2) is 42.9 Å². The first kappa shape index (κ1) is 20.3. The van der Waals surface area contributed by atoms with Crippen molar-refractivity contribution in [3.8, 4) is 0 Å². The fraction of sp³-hybridized carbons (Fsp3) is 0.583. The first-order valence-electron chi connectivity index (χ1n) is 11.2. The van der Waals surface area contributed by atoms with E-state index in [1.165, 1.54) is 12.8 Å². The van der Waals surface area contributed by atoms with Crippen molar-refractivity contribution in [3.05, 3.63) is 40.9 Å². The van der Waals surface area contributed by atoms with Crippen molar-refractivity contribution >= 4 is 33.4 Å². The second-order valence-corrected chi connectivity index (χ2v) is 10.5. The van der Waals surface area contributed by atoms with E-state index >= 15 is 0 Å². The van der Waals surface area contributed by atoms with Gasteiger partial charge in [0.15, 0.2) is 0 Å². The molecular weight excluding hydrogens is 442 g/mol. The molecule has 1 saturated heterocycles. The van der Waals surface area contributed by atoms with Gasteiger partial charge >= 0.3 is 0 Å². The van der Waals surface area contributed by atoms with Crippen molar-refractivity contribution in [2.75, 3.05) is 25.5 Å². The van der Waals surface area contributed by atoms with Gasteiger partial charge in [-0.05, 0) is 87.2 Å². The van der Waals surface area contributed by atoms with E-state index in [-0.39, 0.29) is 40.9 Å². The van der Waals surface area contributed by atoms with E-state index < -0.39 is 0 Å². The predicted molar refractivity (Wildman–Crippen MR) is 121 cm³/mol. The van der Waals surface area contributed by atoms with Crippen LogP contribution < -0.4 is 10.6 Å². The highest BCUT2D eigenvalue weighted by Gasteiger charge is 2.69. The summed E-state index contributed by atoms with van der Waals surface area (Å²) in [6.07, 6.45) is 10.1. The van der Waals surface area contributed by atoms with Crippen LogP contribution in [-0.2, 0) is 9.59 Å². The number of likely N-dealkylation sites (tertiary alicyclic amines) is 1. The van der Waals surface area contributed by atoms with Gasteiger partial charge < -0.3 is 15.5 Å². The topological polar surface area (TPSA) is 61.4 Å². The molecule has 1 aromatic carbocycles. The van der Waals surface area contributed by atoms with Crippen LogP contribution in [0.1, 0.15) is 32.1 Å². The number of allylic oxidation sites excluding steroid dienone is 2. The molecule has 1 aromatic rings. The van der Waals surface area contributed by atoms with Gasteiger partial charge in [0.1, 0.15) is 0 Å². The SMILES string of the molecule is CN1CCCC1CCNC(=O)[C@H]1[C@H](C(=O)Nc2ccc(Br)cc2)[C@@H]2C=C[C@H]1C21CC1.